The number of aromatic amines is 1. The molecule has 1 aliphatic carbocycles. The summed E-state index contributed by atoms with van der Waals surface area (Å²) in [6, 6.07) is 6.29. The van der Waals surface area contributed by atoms with Gasteiger partial charge in [-0.2, -0.15) is 4.39 Å². The van der Waals surface area contributed by atoms with Crippen molar-refractivity contribution in [2.75, 3.05) is 0 Å². The summed E-state index contributed by atoms with van der Waals surface area (Å²) in [7, 11) is -4.19. The number of fused-ring (bicyclic) bond motifs is 1. The van der Waals surface area contributed by atoms with Crippen molar-refractivity contribution < 1.29 is 12.8 Å². The number of hydrogen-bond donors (Lipinski definition) is 1. The van der Waals surface area contributed by atoms with Crippen molar-refractivity contribution in [3.63, 3.8) is 0 Å². The van der Waals surface area contributed by atoms with E-state index < -0.39 is 32.2 Å². The molecule has 4 rings (SSSR count). The van der Waals surface area contributed by atoms with Crippen LogP contribution in [0.1, 0.15) is 25.3 Å². The van der Waals surface area contributed by atoms with Crippen LogP contribution in [0.3, 0.4) is 0 Å². The van der Waals surface area contributed by atoms with Gasteiger partial charge in [-0.15, -0.1) is 0 Å². The van der Waals surface area contributed by atoms with Crippen LogP contribution in [0.4, 0.5) is 4.39 Å². The Labute approximate surface area is 175 Å². The average molecular weight is 478 g/mol. The first kappa shape index (κ1) is 19.8. The van der Waals surface area contributed by atoms with E-state index >= 15 is 0 Å². The third-order valence-corrected chi connectivity index (χ3v) is 8.51. The Morgan fingerprint density at radius 1 is 1.31 bits per heavy atom. The second kappa shape index (κ2) is 6.77. The topological polar surface area (TPSA) is 84.8 Å². The fourth-order valence-corrected chi connectivity index (χ4v) is 6.46. The molecule has 0 saturated carbocycles. The van der Waals surface area contributed by atoms with Crippen LogP contribution in [0.15, 0.2) is 69.9 Å². The van der Waals surface area contributed by atoms with Gasteiger partial charge in [-0.25, -0.2) is 17.4 Å². The number of pyridine rings is 2. The molecule has 0 aromatic carbocycles. The van der Waals surface area contributed by atoms with E-state index in [1.54, 1.807) is 44.2 Å². The molecule has 150 valence electrons. The molecule has 6 nitrogen and oxygen atoms in total. The van der Waals surface area contributed by atoms with Crippen molar-refractivity contribution in [2.45, 2.75) is 24.5 Å². The number of allylic oxidation sites excluding steroid dienone is 3. The molecule has 9 heteroatoms. The van der Waals surface area contributed by atoms with Gasteiger partial charge in [-0.05, 0) is 43.7 Å². The minimum atomic E-state index is -4.19. The van der Waals surface area contributed by atoms with Gasteiger partial charge in [0.1, 0.15) is 10.3 Å². The lowest BCUT2D eigenvalue weighted by Crippen LogP contribution is -2.47. The van der Waals surface area contributed by atoms with Crippen LogP contribution in [0, 0.1) is 5.95 Å². The van der Waals surface area contributed by atoms with Crippen LogP contribution >= 0.6 is 15.9 Å². The molecule has 1 N–H and O–H groups in total. The molecule has 0 fully saturated rings. The quantitative estimate of drug-likeness (QED) is 0.581. The van der Waals surface area contributed by atoms with E-state index in [1.165, 1.54) is 24.7 Å². The first-order valence-electron chi connectivity index (χ1n) is 8.78. The smallest absolute Gasteiger partial charge is 0.273 e. The fraction of sp³-hybridized carbons (Fsp3) is 0.200. The molecule has 0 spiro atoms. The van der Waals surface area contributed by atoms with Crippen molar-refractivity contribution in [1.29, 1.82) is 0 Å². The van der Waals surface area contributed by atoms with Gasteiger partial charge in [0.2, 0.25) is 16.0 Å². The summed E-state index contributed by atoms with van der Waals surface area (Å²) in [6.45, 7) is 3.23. The Morgan fingerprint density at radius 2 is 2.07 bits per heavy atom. The summed E-state index contributed by atoms with van der Waals surface area (Å²) in [6.07, 6.45) is 7.48. The minimum absolute atomic E-state index is 0.0283. The zero-order valence-corrected chi connectivity index (χ0v) is 18.0. The summed E-state index contributed by atoms with van der Waals surface area (Å²) >= 11 is 3.39. The molecular formula is C20H17BrFN3O3S. The van der Waals surface area contributed by atoms with Crippen LogP contribution in [0.2, 0.25) is 0 Å². The molecule has 0 amide bonds. The number of H-pyrrole nitrogens is 1. The monoisotopic (exact) mass is 477 g/mol. The Bertz CT molecular complexity index is 1360. The zero-order valence-electron chi connectivity index (χ0n) is 15.6. The largest absolute Gasteiger partial charge is 0.327 e. The van der Waals surface area contributed by atoms with Gasteiger partial charge < -0.3 is 4.98 Å². The SMILES string of the molecule is CC1=CC(Br)=CC(c2cccnc2F)C1(C)S(=O)(=O)n1ccc2cc[nH]c(=O)c21. The van der Waals surface area contributed by atoms with Crippen molar-refractivity contribution in [1.82, 2.24) is 13.9 Å². The number of nitrogens with zero attached hydrogens (tertiary/aromatic N) is 2. The zero-order chi connectivity index (χ0) is 21.0. The summed E-state index contributed by atoms with van der Waals surface area (Å²) < 4.78 is 42.5. The molecular weight excluding hydrogens is 461 g/mol. The highest BCUT2D eigenvalue weighted by molar-refractivity contribution is 9.11. The van der Waals surface area contributed by atoms with Gasteiger partial charge in [-0.1, -0.05) is 28.1 Å². The number of hydrogen-bond acceptors (Lipinski definition) is 4. The summed E-state index contributed by atoms with van der Waals surface area (Å²) in [5.41, 5.74) is 0.182. The molecule has 29 heavy (non-hydrogen) atoms. The van der Waals surface area contributed by atoms with E-state index in [4.69, 9.17) is 0 Å². The highest BCUT2D eigenvalue weighted by Gasteiger charge is 2.51. The first-order chi connectivity index (χ1) is 13.7. The third kappa shape index (κ3) is 2.83. The number of aromatic nitrogens is 3. The highest BCUT2D eigenvalue weighted by atomic mass is 79.9. The normalized spacial score (nSPS) is 22.4. The Hall–Kier alpha value is -2.52. The lowest BCUT2D eigenvalue weighted by atomic mass is 9.79. The number of nitrogens with one attached hydrogen (secondary N) is 1. The molecule has 2 unspecified atom stereocenters. The molecule has 3 aromatic heterocycles. The highest BCUT2D eigenvalue weighted by Crippen LogP contribution is 2.47. The Morgan fingerprint density at radius 3 is 2.79 bits per heavy atom. The lowest BCUT2D eigenvalue weighted by molar-refractivity contribution is 0.501. The van der Waals surface area contributed by atoms with Crippen molar-refractivity contribution in [3.8, 4) is 0 Å². The number of halogens is 2. The first-order valence-corrected chi connectivity index (χ1v) is 11.0. The molecule has 0 saturated heterocycles. The van der Waals surface area contributed by atoms with Crippen LogP contribution < -0.4 is 5.56 Å². The van der Waals surface area contributed by atoms with Crippen molar-refractivity contribution in [3.05, 3.63) is 86.9 Å². The Kier molecular flexibility index (Phi) is 4.62. The lowest BCUT2D eigenvalue weighted by Gasteiger charge is -2.39. The maximum Gasteiger partial charge on any atom is 0.273 e. The van der Waals surface area contributed by atoms with Crippen LogP contribution in [0.5, 0.6) is 0 Å². The van der Waals surface area contributed by atoms with E-state index in [2.05, 4.69) is 25.9 Å². The molecule has 0 radical (unpaired) electrons. The van der Waals surface area contributed by atoms with E-state index in [0.29, 0.717) is 15.4 Å². The van der Waals surface area contributed by atoms with Gasteiger partial charge in [-0.3, -0.25) is 4.79 Å². The van der Waals surface area contributed by atoms with Crippen LogP contribution in [-0.4, -0.2) is 27.1 Å². The van der Waals surface area contributed by atoms with Gasteiger partial charge in [0.15, 0.2) is 0 Å². The third-order valence-electron chi connectivity index (χ3n) is 5.55. The fourth-order valence-electron chi connectivity index (χ4n) is 3.82. The van der Waals surface area contributed by atoms with Crippen LogP contribution in [-0.2, 0) is 10.0 Å². The van der Waals surface area contributed by atoms with Crippen LogP contribution in [0.25, 0.3) is 10.9 Å². The van der Waals surface area contributed by atoms with E-state index in [0.717, 1.165) is 3.97 Å². The second-order valence-electron chi connectivity index (χ2n) is 7.07. The predicted octanol–water partition coefficient (Wildman–Crippen LogP) is 3.82. The number of rotatable bonds is 3. The standard InChI is InChI=1S/C20H17BrFN3O3S/c1-12-10-14(21)11-16(15-4-3-7-23-18(15)22)20(12,2)29(27,28)25-9-6-13-5-8-24-19(26)17(13)25/h3-11,16H,1-2H3,(H,24,26). The van der Waals surface area contributed by atoms with Gasteiger partial charge in [0.05, 0.1) is 0 Å². The minimum Gasteiger partial charge on any atom is -0.327 e. The van der Waals surface area contributed by atoms with Crippen molar-refractivity contribution in [2.24, 2.45) is 0 Å². The second-order valence-corrected chi connectivity index (χ2v) is 10.2. The van der Waals surface area contributed by atoms with Gasteiger partial charge in [0, 0.05) is 39.9 Å². The predicted molar refractivity (Wildman–Crippen MR) is 113 cm³/mol. The van der Waals surface area contributed by atoms with E-state index in [1.807, 2.05) is 0 Å². The van der Waals surface area contributed by atoms with E-state index in [-0.39, 0.29) is 11.1 Å². The summed E-state index contributed by atoms with van der Waals surface area (Å²) in [4.78, 5) is 18.6. The Balaban J connectivity index is 2.02. The molecule has 0 aliphatic heterocycles. The molecule has 0 bridgehead atoms. The molecule has 3 aromatic rings. The van der Waals surface area contributed by atoms with Crippen molar-refractivity contribution >= 4 is 36.9 Å². The summed E-state index contributed by atoms with van der Waals surface area (Å²) in [5, 5.41) is 0.499. The van der Waals surface area contributed by atoms with Gasteiger partial charge >= 0.3 is 0 Å². The maximum absolute atomic E-state index is 14.6. The molecule has 3 heterocycles. The molecule has 2 atom stereocenters. The maximum atomic E-state index is 14.6. The van der Waals surface area contributed by atoms with E-state index in [9.17, 15) is 17.6 Å². The summed E-state index contributed by atoms with van der Waals surface area (Å²) in [5.74, 6) is -1.60. The average Bonchev–Trinajstić information content (AvgIpc) is 3.11. The van der Waals surface area contributed by atoms with Gasteiger partial charge in [0.25, 0.3) is 5.56 Å². The molecule has 1 aliphatic rings.